The molecule has 1 aromatic carbocycles. The fourth-order valence-corrected chi connectivity index (χ4v) is 3.31. The predicted octanol–water partition coefficient (Wildman–Crippen LogP) is 3.05. The van der Waals surface area contributed by atoms with Crippen molar-refractivity contribution in [2.45, 2.75) is 26.3 Å². The van der Waals surface area contributed by atoms with Crippen molar-refractivity contribution in [3.8, 4) is 11.3 Å². The van der Waals surface area contributed by atoms with Gasteiger partial charge in [-0.1, -0.05) is 12.1 Å². The Labute approximate surface area is 158 Å². The molecule has 0 spiro atoms. The number of pyridine rings is 1. The van der Waals surface area contributed by atoms with Crippen LogP contribution in [0.2, 0.25) is 0 Å². The van der Waals surface area contributed by atoms with Gasteiger partial charge in [-0.3, -0.25) is 9.78 Å². The normalized spacial score (nSPS) is 14.7. The smallest absolute Gasteiger partial charge is 0.251 e. The van der Waals surface area contributed by atoms with Gasteiger partial charge in [0.05, 0.1) is 11.4 Å². The fourth-order valence-electron chi connectivity index (χ4n) is 3.31. The monoisotopic (exact) mass is 361 g/mol. The SMILES string of the molecule is Cc1nccn1CC1(CNC(=O)c2ccc(-c3ncccc3N)cc2)CC1. The molecular weight excluding hydrogens is 338 g/mol. The predicted molar refractivity (Wildman–Crippen MR) is 105 cm³/mol. The van der Waals surface area contributed by atoms with Crippen molar-refractivity contribution in [1.82, 2.24) is 19.9 Å². The lowest BCUT2D eigenvalue weighted by Crippen LogP contribution is -2.32. The second-order valence-electron chi connectivity index (χ2n) is 7.30. The summed E-state index contributed by atoms with van der Waals surface area (Å²) >= 11 is 0. The standard InChI is InChI=1S/C21H23N5O/c1-15-23-11-12-26(15)14-21(8-9-21)13-25-20(27)17-6-4-16(5-7-17)19-18(22)3-2-10-24-19/h2-7,10-12H,8-9,13-14,22H2,1H3,(H,25,27). The van der Waals surface area contributed by atoms with Gasteiger partial charge >= 0.3 is 0 Å². The molecule has 2 aromatic heterocycles. The van der Waals surface area contributed by atoms with E-state index >= 15 is 0 Å². The number of rotatable bonds is 6. The molecule has 0 atom stereocenters. The quantitative estimate of drug-likeness (QED) is 0.706. The van der Waals surface area contributed by atoms with Gasteiger partial charge in [0.1, 0.15) is 5.82 Å². The molecule has 0 unspecified atom stereocenters. The summed E-state index contributed by atoms with van der Waals surface area (Å²) < 4.78 is 2.16. The maximum atomic E-state index is 12.5. The van der Waals surface area contributed by atoms with E-state index in [4.69, 9.17) is 5.73 Å². The van der Waals surface area contributed by atoms with Crippen LogP contribution < -0.4 is 11.1 Å². The largest absolute Gasteiger partial charge is 0.397 e. The number of nitrogen functional groups attached to an aromatic ring is 1. The lowest BCUT2D eigenvalue weighted by molar-refractivity contribution is 0.0943. The van der Waals surface area contributed by atoms with E-state index in [2.05, 4.69) is 19.9 Å². The van der Waals surface area contributed by atoms with E-state index in [0.717, 1.165) is 36.5 Å². The molecular formula is C21H23N5O. The zero-order chi connectivity index (χ0) is 18.9. The van der Waals surface area contributed by atoms with E-state index < -0.39 is 0 Å². The molecule has 0 bridgehead atoms. The Morgan fingerprint density at radius 2 is 1.96 bits per heavy atom. The first kappa shape index (κ1) is 17.3. The molecule has 6 nitrogen and oxygen atoms in total. The summed E-state index contributed by atoms with van der Waals surface area (Å²) in [6, 6.07) is 11.0. The number of carbonyl (C=O) groups is 1. The number of carbonyl (C=O) groups excluding carboxylic acids is 1. The van der Waals surface area contributed by atoms with Gasteiger partial charge in [-0.2, -0.15) is 0 Å². The molecule has 0 radical (unpaired) electrons. The summed E-state index contributed by atoms with van der Waals surface area (Å²) in [5, 5.41) is 3.09. The van der Waals surface area contributed by atoms with Gasteiger partial charge in [-0.15, -0.1) is 0 Å². The van der Waals surface area contributed by atoms with Crippen LogP contribution in [0.3, 0.4) is 0 Å². The Bertz CT molecular complexity index is 957. The van der Waals surface area contributed by atoms with Crippen LogP contribution in [0.1, 0.15) is 29.0 Å². The van der Waals surface area contributed by atoms with Gasteiger partial charge in [-0.25, -0.2) is 4.98 Å². The van der Waals surface area contributed by atoms with E-state index in [9.17, 15) is 4.79 Å². The minimum absolute atomic E-state index is 0.0517. The van der Waals surface area contributed by atoms with Crippen molar-refractivity contribution in [3.05, 3.63) is 66.4 Å². The Morgan fingerprint density at radius 3 is 2.59 bits per heavy atom. The number of anilines is 1. The number of imidazole rings is 1. The number of nitrogens with one attached hydrogen (secondary N) is 1. The van der Waals surface area contributed by atoms with Gasteiger partial charge in [0.15, 0.2) is 0 Å². The van der Waals surface area contributed by atoms with Crippen LogP contribution in [0.25, 0.3) is 11.3 Å². The number of hydrogen-bond donors (Lipinski definition) is 2. The number of hydrogen-bond acceptors (Lipinski definition) is 4. The number of nitrogens with zero attached hydrogens (tertiary/aromatic N) is 3. The van der Waals surface area contributed by atoms with Crippen LogP contribution >= 0.6 is 0 Å². The topological polar surface area (TPSA) is 85.8 Å². The zero-order valence-corrected chi connectivity index (χ0v) is 15.4. The lowest BCUT2D eigenvalue weighted by Gasteiger charge is -2.17. The summed E-state index contributed by atoms with van der Waals surface area (Å²) in [6.07, 6.45) is 7.79. The number of aromatic nitrogens is 3. The average molecular weight is 361 g/mol. The third-order valence-corrected chi connectivity index (χ3v) is 5.27. The third-order valence-electron chi connectivity index (χ3n) is 5.27. The molecule has 138 valence electrons. The average Bonchev–Trinajstić information content (AvgIpc) is 3.34. The molecule has 1 saturated carbocycles. The molecule has 1 fully saturated rings. The minimum atomic E-state index is -0.0517. The summed E-state index contributed by atoms with van der Waals surface area (Å²) in [5.41, 5.74) is 9.03. The maximum Gasteiger partial charge on any atom is 0.251 e. The first-order valence-electron chi connectivity index (χ1n) is 9.13. The van der Waals surface area contributed by atoms with Gasteiger partial charge < -0.3 is 15.6 Å². The Morgan fingerprint density at radius 1 is 1.19 bits per heavy atom. The van der Waals surface area contributed by atoms with E-state index in [1.807, 2.05) is 49.6 Å². The molecule has 3 aromatic rings. The van der Waals surface area contributed by atoms with Crippen molar-refractivity contribution in [2.75, 3.05) is 12.3 Å². The molecule has 1 aliphatic rings. The highest BCUT2D eigenvalue weighted by atomic mass is 16.1. The maximum absolute atomic E-state index is 12.5. The van der Waals surface area contributed by atoms with Crippen LogP contribution in [0.4, 0.5) is 5.69 Å². The van der Waals surface area contributed by atoms with E-state index in [-0.39, 0.29) is 11.3 Å². The number of amides is 1. The third kappa shape index (κ3) is 3.69. The van der Waals surface area contributed by atoms with Crippen molar-refractivity contribution >= 4 is 11.6 Å². The van der Waals surface area contributed by atoms with Gasteiger partial charge in [0.2, 0.25) is 0 Å². The highest BCUT2D eigenvalue weighted by molar-refractivity contribution is 5.94. The molecule has 0 saturated heterocycles. The van der Waals surface area contributed by atoms with E-state index in [0.29, 0.717) is 17.8 Å². The van der Waals surface area contributed by atoms with Crippen LogP contribution in [0, 0.1) is 12.3 Å². The van der Waals surface area contributed by atoms with Crippen LogP contribution in [0.15, 0.2) is 55.0 Å². The van der Waals surface area contributed by atoms with E-state index in [1.54, 1.807) is 12.3 Å². The van der Waals surface area contributed by atoms with Gasteiger partial charge in [0, 0.05) is 48.2 Å². The first-order valence-corrected chi connectivity index (χ1v) is 9.13. The Balaban J connectivity index is 1.39. The summed E-state index contributed by atoms with van der Waals surface area (Å²) in [5.74, 6) is 0.959. The second-order valence-corrected chi connectivity index (χ2v) is 7.30. The van der Waals surface area contributed by atoms with Crippen molar-refractivity contribution < 1.29 is 4.79 Å². The minimum Gasteiger partial charge on any atom is -0.397 e. The fraction of sp³-hybridized carbons (Fsp3) is 0.286. The molecule has 0 aliphatic heterocycles. The van der Waals surface area contributed by atoms with Crippen LogP contribution in [-0.4, -0.2) is 27.0 Å². The number of nitrogens with two attached hydrogens (primary N) is 1. The second kappa shape index (κ2) is 6.87. The lowest BCUT2D eigenvalue weighted by atomic mass is 10.1. The first-order chi connectivity index (χ1) is 13.1. The highest BCUT2D eigenvalue weighted by Crippen LogP contribution is 2.46. The molecule has 1 aliphatic carbocycles. The molecule has 6 heteroatoms. The molecule has 3 N–H and O–H groups in total. The molecule has 2 heterocycles. The summed E-state index contributed by atoms with van der Waals surface area (Å²) in [4.78, 5) is 21.1. The van der Waals surface area contributed by atoms with Crippen LogP contribution in [-0.2, 0) is 6.54 Å². The van der Waals surface area contributed by atoms with Crippen molar-refractivity contribution in [3.63, 3.8) is 0 Å². The molecule has 27 heavy (non-hydrogen) atoms. The van der Waals surface area contributed by atoms with E-state index in [1.165, 1.54) is 0 Å². The van der Waals surface area contributed by atoms with Crippen LogP contribution in [0.5, 0.6) is 0 Å². The number of benzene rings is 1. The zero-order valence-electron chi connectivity index (χ0n) is 15.4. The number of aryl methyl sites for hydroxylation is 1. The highest BCUT2D eigenvalue weighted by Gasteiger charge is 2.43. The summed E-state index contributed by atoms with van der Waals surface area (Å²) in [6.45, 7) is 3.58. The van der Waals surface area contributed by atoms with Crippen molar-refractivity contribution in [1.29, 1.82) is 0 Å². The summed E-state index contributed by atoms with van der Waals surface area (Å²) in [7, 11) is 0. The molecule has 1 amide bonds. The van der Waals surface area contributed by atoms with Crippen molar-refractivity contribution in [2.24, 2.45) is 5.41 Å². The van der Waals surface area contributed by atoms with Gasteiger partial charge in [0.25, 0.3) is 5.91 Å². The molecule has 4 rings (SSSR count). The Hall–Kier alpha value is -3.15. The van der Waals surface area contributed by atoms with Gasteiger partial charge in [-0.05, 0) is 44.0 Å². The Kier molecular flexibility index (Phi) is 4.39.